The van der Waals surface area contributed by atoms with Crippen molar-refractivity contribution in [2.24, 2.45) is 5.41 Å². The van der Waals surface area contributed by atoms with Gasteiger partial charge in [0.05, 0.1) is 0 Å². The molecule has 0 heterocycles. The SMILES string of the molecule is C=CCC(C)(C)C(O)C#CCO. The lowest BCUT2D eigenvalue weighted by molar-refractivity contribution is 0.101. The summed E-state index contributed by atoms with van der Waals surface area (Å²) in [6.45, 7) is 7.21. The number of hydrogen-bond acceptors (Lipinski definition) is 2. The molecule has 2 N–H and O–H groups in total. The van der Waals surface area contributed by atoms with Gasteiger partial charge in [-0.25, -0.2) is 0 Å². The number of aliphatic hydroxyl groups is 2. The molecule has 0 rings (SSSR count). The van der Waals surface area contributed by atoms with Crippen molar-refractivity contribution in [2.75, 3.05) is 6.61 Å². The van der Waals surface area contributed by atoms with Crippen LogP contribution in [0.2, 0.25) is 0 Å². The van der Waals surface area contributed by atoms with E-state index in [0.29, 0.717) is 6.42 Å². The van der Waals surface area contributed by atoms with Gasteiger partial charge in [-0.05, 0) is 6.42 Å². The molecule has 0 aliphatic carbocycles. The summed E-state index contributed by atoms with van der Waals surface area (Å²) >= 11 is 0. The maximum absolute atomic E-state index is 9.51. The van der Waals surface area contributed by atoms with E-state index in [2.05, 4.69) is 18.4 Å². The van der Waals surface area contributed by atoms with Crippen molar-refractivity contribution in [1.82, 2.24) is 0 Å². The van der Waals surface area contributed by atoms with Crippen molar-refractivity contribution in [1.29, 1.82) is 0 Å². The Bertz CT molecular complexity index is 196. The largest absolute Gasteiger partial charge is 0.384 e. The van der Waals surface area contributed by atoms with Gasteiger partial charge in [-0.3, -0.25) is 0 Å². The lowest BCUT2D eigenvalue weighted by Gasteiger charge is -2.25. The predicted molar refractivity (Wildman–Crippen MR) is 49.5 cm³/mol. The topological polar surface area (TPSA) is 40.5 Å². The van der Waals surface area contributed by atoms with Crippen LogP contribution in [0.15, 0.2) is 12.7 Å². The second-order valence-electron chi connectivity index (χ2n) is 3.36. The number of hydrogen-bond donors (Lipinski definition) is 2. The minimum Gasteiger partial charge on any atom is -0.384 e. The zero-order valence-electron chi connectivity index (χ0n) is 7.67. The van der Waals surface area contributed by atoms with Crippen LogP contribution in [0.4, 0.5) is 0 Å². The van der Waals surface area contributed by atoms with E-state index in [1.165, 1.54) is 0 Å². The van der Waals surface area contributed by atoms with Gasteiger partial charge in [0.1, 0.15) is 12.7 Å². The molecule has 0 bridgehead atoms. The van der Waals surface area contributed by atoms with Gasteiger partial charge in [-0.15, -0.1) is 6.58 Å². The summed E-state index contributed by atoms with van der Waals surface area (Å²) in [5.74, 6) is 5.00. The van der Waals surface area contributed by atoms with Gasteiger partial charge in [0.2, 0.25) is 0 Å². The molecular weight excluding hydrogens is 152 g/mol. The summed E-state index contributed by atoms with van der Waals surface area (Å²) in [7, 11) is 0. The van der Waals surface area contributed by atoms with Crippen LogP contribution in [0, 0.1) is 17.3 Å². The highest BCUT2D eigenvalue weighted by molar-refractivity contribution is 5.09. The normalized spacial score (nSPS) is 13.0. The van der Waals surface area contributed by atoms with E-state index in [0.717, 1.165) is 0 Å². The molecule has 1 unspecified atom stereocenters. The predicted octanol–water partition coefficient (Wildman–Crippen LogP) is 0.945. The van der Waals surface area contributed by atoms with Crippen molar-refractivity contribution in [3.8, 4) is 11.8 Å². The van der Waals surface area contributed by atoms with Gasteiger partial charge in [-0.2, -0.15) is 0 Å². The first-order chi connectivity index (χ1) is 5.54. The Labute approximate surface area is 73.9 Å². The zero-order valence-corrected chi connectivity index (χ0v) is 7.67. The maximum atomic E-state index is 9.51. The minimum absolute atomic E-state index is 0.207. The fraction of sp³-hybridized carbons (Fsp3) is 0.600. The Morgan fingerprint density at radius 1 is 1.58 bits per heavy atom. The average molecular weight is 168 g/mol. The first kappa shape index (κ1) is 11.2. The molecule has 2 nitrogen and oxygen atoms in total. The fourth-order valence-electron chi connectivity index (χ4n) is 0.821. The van der Waals surface area contributed by atoms with Crippen LogP contribution in [-0.4, -0.2) is 22.9 Å². The number of aliphatic hydroxyl groups excluding tert-OH is 2. The highest BCUT2D eigenvalue weighted by Gasteiger charge is 2.24. The van der Waals surface area contributed by atoms with Crippen molar-refractivity contribution >= 4 is 0 Å². The van der Waals surface area contributed by atoms with Crippen LogP contribution in [0.1, 0.15) is 20.3 Å². The summed E-state index contributed by atoms with van der Waals surface area (Å²) in [5.41, 5.74) is -0.288. The van der Waals surface area contributed by atoms with Crippen LogP contribution in [0.5, 0.6) is 0 Å². The molecule has 12 heavy (non-hydrogen) atoms. The van der Waals surface area contributed by atoms with Crippen LogP contribution < -0.4 is 0 Å². The fourth-order valence-corrected chi connectivity index (χ4v) is 0.821. The quantitative estimate of drug-likeness (QED) is 0.486. The van der Waals surface area contributed by atoms with E-state index in [4.69, 9.17) is 5.11 Å². The summed E-state index contributed by atoms with van der Waals surface area (Å²) in [4.78, 5) is 0. The van der Waals surface area contributed by atoms with Crippen molar-refractivity contribution < 1.29 is 10.2 Å². The van der Waals surface area contributed by atoms with Gasteiger partial charge < -0.3 is 10.2 Å². The second kappa shape index (κ2) is 4.97. The van der Waals surface area contributed by atoms with Gasteiger partial charge in [0.25, 0.3) is 0 Å². The molecule has 0 aliphatic rings. The molecule has 0 aliphatic heterocycles. The Kier molecular flexibility index (Phi) is 4.65. The summed E-state index contributed by atoms with van der Waals surface area (Å²) in [5, 5.41) is 17.9. The highest BCUT2D eigenvalue weighted by Crippen LogP contribution is 2.24. The maximum Gasteiger partial charge on any atom is 0.120 e. The molecule has 0 saturated carbocycles. The van der Waals surface area contributed by atoms with E-state index in [1.54, 1.807) is 6.08 Å². The van der Waals surface area contributed by atoms with E-state index in [-0.39, 0.29) is 12.0 Å². The minimum atomic E-state index is -0.706. The van der Waals surface area contributed by atoms with Crippen LogP contribution in [0.25, 0.3) is 0 Å². The average Bonchev–Trinajstić information content (AvgIpc) is 2.00. The molecule has 0 saturated heterocycles. The first-order valence-electron chi connectivity index (χ1n) is 3.93. The van der Waals surface area contributed by atoms with Crippen LogP contribution in [0.3, 0.4) is 0 Å². The third kappa shape index (κ3) is 3.56. The molecule has 0 aromatic rings. The standard InChI is InChI=1S/C10H16O2/c1-4-7-10(2,3)9(12)6-5-8-11/h4,9,11-12H,1,7-8H2,2-3H3. The first-order valence-corrected chi connectivity index (χ1v) is 3.93. The third-order valence-electron chi connectivity index (χ3n) is 1.73. The van der Waals surface area contributed by atoms with E-state index >= 15 is 0 Å². The van der Waals surface area contributed by atoms with Gasteiger partial charge in [0, 0.05) is 5.41 Å². The molecule has 0 aromatic carbocycles. The smallest absolute Gasteiger partial charge is 0.120 e. The Morgan fingerprint density at radius 3 is 2.58 bits per heavy atom. The molecule has 1 atom stereocenters. The van der Waals surface area contributed by atoms with Crippen LogP contribution in [-0.2, 0) is 0 Å². The zero-order chi connectivity index (χ0) is 9.61. The Hall–Kier alpha value is -0.780. The van der Waals surface area contributed by atoms with Crippen molar-refractivity contribution in [3.63, 3.8) is 0 Å². The van der Waals surface area contributed by atoms with Crippen LogP contribution >= 0.6 is 0 Å². The van der Waals surface area contributed by atoms with E-state index < -0.39 is 6.10 Å². The van der Waals surface area contributed by atoms with Gasteiger partial charge in [-0.1, -0.05) is 31.8 Å². The summed E-state index contributed by atoms with van der Waals surface area (Å²) in [6.07, 6.45) is 1.75. The lowest BCUT2D eigenvalue weighted by atomic mass is 9.83. The Morgan fingerprint density at radius 2 is 2.17 bits per heavy atom. The van der Waals surface area contributed by atoms with Gasteiger partial charge in [0.15, 0.2) is 0 Å². The molecule has 0 fully saturated rings. The monoisotopic (exact) mass is 168 g/mol. The molecule has 68 valence electrons. The molecule has 2 heteroatoms. The molecule has 0 spiro atoms. The highest BCUT2D eigenvalue weighted by atomic mass is 16.3. The second-order valence-corrected chi connectivity index (χ2v) is 3.36. The molecular formula is C10H16O2. The Balaban J connectivity index is 4.23. The number of rotatable bonds is 3. The lowest BCUT2D eigenvalue weighted by Crippen LogP contribution is -2.27. The molecule has 0 amide bonds. The summed E-state index contributed by atoms with van der Waals surface area (Å²) < 4.78 is 0. The van der Waals surface area contributed by atoms with Crippen molar-refractivity contribution in [2.45, 2.75) is 26.4 Å². The molecule has 0 radical (unpaired) electrons. The third-order valence-corrected chi connectivity index (χ3v) is 1.73. The summed E-state index contributed by atoms with van der Waals surface area (Å²) in [6, 6.07) is 0. The van der Waals surface area contributed by atoms with Gasteiger partial charge >= 0.3 is 0 Å². The number of allylic oxidation sites excluding steroid dienone is 1. The van der Waals surface area contributed by atoms with Crippen molar-refractivity contribution in [3.05, 3.63) is 12.7 Å². The molecule has 0 aromatic heterocycles. The van der Waals surface area contributed by atoms with E-state index in [9.17, 15) is 5.11 Å². The van der Waals surface area contributed by atoms with E-state index in [1.807, 2.05) is 13.8 Å².